The van der Waals surface area contributed by atoms with Gasteiger partial charge in [0.15, 0.2) is 0 Å². The molecule has 132 valence electrons. The Kier molecular flexibility index (Phi) is 4.98. The maximum Gasteiger partial charge on any atom is 0.229 e. The molecule has 25 heavy (non-hydrogen) atoms. The summed E-state index contributed by atoms with van der Waals surface area (Å²) >= 11 is 0. The Bertz CT molecular complexity index is 754. The molecule has 0 N–H and O–H groups in total. The standard InChI is InChI=1S/C21H25NO3/c1-14-5-7-16(8-6-14)15(2)22(3)21(23)18-11-17-12-19(24-4)9-10-20(17)25-13-18/h5-10,12,15,18H,11,13H2,1-4H3. The average Bonchev–Trinajstić information content (AvgIpc) is 2.65. The molecule has 0 aromatic heterocycles. The molecule has 0 aliphatic carbocycles. The summed E-state index contributed by atoms with van der Waals surface area (Å²) in [5.74, 6) is 1.58. The van der Waals surface area contributed by atoms with Crippen LogP contribution in [0.1, 0.15) is 29.7 Å². The van der Waals surface area contributed by atoms with Crippen LogP contribution in [-0.2, 0) is 11.2 Å². The molecule has 1 amide bonds. The van der Waals surface area contributed by atoms with Crippen molar-refractivity contribution in [3.63, 3.8) is 0 Å². The van der Waals surface area contributed by atoms with Crippen LogP contribution in [0.25, 0.3) is 0 Å². The molecule has 1 heterocycles. The molecule has 1 aliphatic heterocycles. The highest BCUT2D eigenvalue weighted by Gasteiger charge is 2.30. The summed E-state index contributed by atoms with van der Waals surface area (Å²) in [6.45, 7) is 4.54. The summed E-state index contributed by atoms with van der Waals surface area (Å²) in [7, 11) is 3.51. The van der Waals surface area contributed by atoms with Crippen molar-refractivity contribution in [3.8, 4) is 11.5 Å². The number of carbonyl (C=O) groups excluding carboxylic acids is 1. The number of amides is 1. The minimum absolute atomic E-state index is 0.0276. The third-order valence-electron chi connectivity index (χ3n) is 5.01. The number of nitrogens with zero attached hydrogens (tertiary/aromatic N) is 1. The van der Waals surface area contributed by atoms with Crippen LogP contribution < -0.4 is 9.47 Å². The Morgan fingerprint density at radius 1 is 1.24 bits per heavy atom. The molecule has 2 aromatic carbocycles. The Morgan fingerprint density at radius 3 is 2.64 bits per heavy atom. The van der Waals surface area contributed by atoms with Crippen molar-refractivity contribution >= 4 is 5.91 Å². The molecular formula is C21H25NO3. The zero-order valence-corrected chi connectivity index (χ0v) is 15.3. The second kappa shape index (κ2) is 7.18. The molecular weight excluding hydrogens is 314 g/mol. The van der Waals surface area contributed by atoms with E-state index in [1.807, 2.05) is 30.1 Å². The minimum Gasteiger partial charge on any atom is -0.497 e. The van der Waals surface area contributed by atoms with Gasteiger partial charge >= 0.3 is 0 Å². The zero-order valence-electron chi connectivity index (χ0n) is 15.3. The summed E-state index contributed by atoms with van der Waals surface area (Å²) in [5, 5.41) is 0. The molecule has 0 spiro atoms. The maximum atomic E-state index is 13.0. The van der Waals surface area contributed by atoms with Crippen molar-refractivity contribution in [2.75, 3.05) is 20.8 Å². The lowest BCUT2D eigenvalue weighted by atomic mass is 9.94. The number of benzene rings is 2. The number of hydrogen-bond acceptors (Lipinski definition) is 3. The van der Waals surface area contributed by atoms with Crippen LogP contribution in [0.15, 0.2) is 42.5 Å². The highest BCUT2D eigenvalue weighted by Crippen LogP contribution is 2.32. The number of methoxy groups -OCH3 is 1. The van der Waals surface area contributed by atoms with E-state index < -0.39 is 0 Å². The van der Waals surface area contributed by atoms with Gasteiger partial charge in [-0.05, 0) is 49.6 Å². The van der Waals surface area contributed by atoms with E-state index in [2.05, 4.69) is 38.1 Å². The van der Waals surface area contributed by atoms with Gasteiger partial charge in [0.1, 0.15) is 18.1 Å². The van der Waals surface area contributed by atoms with Gasteiger partial charge in [0.25, 0.3) is 0 Å². The van der Waals surface area contributed by atoms with Crippen LogP contribution in [0.3, 0.4) is 0 Å². The van der Waals surface area contributed by atoms with Crippen LogP contribution in [0.4, 0.5) is 0 Å². The van der Waals surface area contributed by atoms with E-state index in [-0.39, 0.29) is 17.9 Å². The van der Waals surface area contributed by atoms with Gasteiger partial charge in [-0.1, -0.05) is 29.8 Å². The number of hydrogen-bond donors (Lipinski definition) is 0. The van der Waals surface area contributed by atoms with Crippen LogP contribution in [0.5, 0.6) is 11.5 Å². The first-order valence-electron chi connectivity index (χ1n) is 8.62. The zero-order chi connectivity index (χ0) is 18.0. The molecule has 2 unspecified atom stereocenters. The van der Waals surface area contributed by atoms with Gasteiger partial charge in [0.05, 0.1) is 19.1 Å². The molecule has 4 heteroatoms. The summed E-state index contributed by atoms with van der Waals surface area (Å²) in [5.41, 5.74) is 3.39. The van der Waals surface area contributed by atoms with Crippen LogP contribution >= 0.6 is 0 Å². The van der Waals surface area contributed by atoms with Crippen molar-refractivity contribution in [1.82, 2.24) is 4.90 Å². The Labute approximate surface area is 149 Å². The van der Waals surface area contributed by atoms with Crippen LogP contribution in [0, 0.1) is 12.8 Å². The molecule has 3 rings (SSSR count). The fraction of sp³-hybridized carbons (Fsp3) is 0.381. The van der Waals surface area contributed by atoms with Gasteiger partial charge in [-0.3, -0.25) is 4.79 Å². The third kappa shape index (κ3) is 3.63. The molecule has 4 nitrogen and oxygen atoms in total. The van der Waals surface area contributed by atoms with E-state index in [0.29, 0.717) is 13.0 Å². The monoisotopic (exact) mass is 339 g/mol. The number of fused-ring (bicyclic) bond motifs is 1. The third-order valence-corrected chi connectivity index (χ3v) is 5.01. The van der Waals surface area contributed by atoms with E-state index >= 15 is 0 Å². The van der Waals surface area contributed by atoms with E-state index in [9.17, 15) is 4.79 Å². The number of carbonyl (C=O) groups is 1. The number of ether oxygens (including phenoxy) is 2. The Hall–Kier alpha value is -2.49. The molecule has 0 saturated heterocycles. The van der Waals surface area contributed by atoms with Gasteiger partial charge in [0.2, 0.25) is 5.91 Å². The van der Waals surface area contributed by atoms with E-state index in [1.165, 1.54) is 5.56 Å². The fourth-order valence-electron chi connectivity index (χ4n) is 3.20. The smallest absolute Gasteiger partial charge is 0.229 e. The molecule has 0 radical (unpaired) electrons. The van der Waals surface area contributed by atoms with Gasteiger partial charge in [-0.15, -0.1) is 0 Å². The lowest BCUT2D eigenvalue weighted by Crippen LogP contribution is -2.39. The first-order chi connectivity index (χ1) is 12.0. The predicted molar refractivity (Wildman–Crippen MR) is 98.0 cm³/mol. The van der Waals surface area contributed by atoms with Gasteiger partial charge in [-0.25, -0.2) is 0 Å². The number of aryl methyl sites for hydroxylation is 1. The second-order valence-corrected chi connectivity index (χ2v) is 6.72. The summed E-state index contributed by atoms with van der Waals surface area (Å²) in [6.07, 6.45) is 0.677. The Balaban J connectivity index is 1.73. The quantitative estimate of drug-likeness (QED) is 0.851. The fourth-order valence-corrected chi connectivity index (χ4v) is 3.20. The maximum absolute atomic E-state index is 13.0. The van der Waals surface area contributed by atoms with Crippen LogP contribution in [0.2, 0.25) is 0 Å². The molecule has 0 saturated carbocycles. The molecule has 0 fully saturated rings. The molecule has 2 aromatic rings. The average molecular weight is 339 g/mol. The first kappa shape index (κ1) is 17.3. The topological polar surface area (TPSA) is 38.8 Å². The highest BCUT2D eigenvalue weighted by atomic mass is 16.5. The van der Waals surface area contributed by atoms with Gasteiger partial charge in [-0.2, -0.15) is 0 Å². The summed E-state index contributed by atoms with van der Waals surface area (Å²) in [4.78, 5) is 14.8. The largest absolute Gasteiger partial charge is 0.497 e. The summed E-state index contributed by atoms with van der Waals surface area (Å²) in [6, 6.07) is 14.1. The van der Waals surface area contributed by atoms with Crippen molar-refractivity contribution in [3.05, 3.63) is 59.2 Å². The van der Waals surface area contributed by atoms with Crippen molar-refractivity contribution < 1.29 is 14.3 Å². The second-order valence-electron chi connectivity index (χ2n) is 6.72. The van der Waals surface area contributed by atoms with Gasteiger partial charge < -0.3 is 14.4 Å². The SMILES string of the molecule is COc1ccc2c(c1)CC(C(=O)N(C)C(C)c1ccc(C)cc1)CO2. The minimum atomic E-state index is -0.169. The number of rotatable bonds is 4. The highest BCUT2D eigenvalue weighted by molar-refractivity contribution is 5.80. The van der Waals surface area contributed by atoms with Crippen molar-refractivity contribution in [2.24, 2.45) is 5.92 Å². The molecule has 1 aliphatic rings. The predicted octanol–water partition coefficient (Wildman–Crippen LogP) is 3.77. The lowest BCUT2D eigenvalue weighted by molar-refractivity contribution is -0.137. The Morgan fingerprint density at radius 2 is 1.96 bits per heavy atom. The van der Waals surface area contributed by atoms with Crippen molar-refractivity contribution in [2.45, 2.75) is 26.3 Å². The van der Waals surface area contributed by atoms with E-state index in [1.54, 1.807) is 7.11 Å². The van der Waals surface area contributed by atoms with Gasteiger partial charge in [0, 0.05) is 7.05 Å². The normalized spacial score (nSPS) is 17.2. The van der Waals surface area contributed by atoms with E-state index in [4.69, 9.17) is 9.47 Å². The molecule has 0 bridgehead atoms. The summed E-state index contributed by atoms with van der Waals surface area (Å²) < 4.78 is 11.1. The molecule has 2 atom stereocenters. The van der Waals surface area contributed by atoms with E-state index in [0.717, 1.165) is 22.6 Å². The van der Waals surface area contributed by atoms with Crippen LogP contribution in [-0.4, -0.2) is 31.6 Å². The van der Waals surface area contributed by atoms with Crippen molar-refractivity contribution in [1.29, 1.82) is 0 Å². The first-order valence-corrected chi connectivity index (χ1v) is 8.62. The lowest BCUT2D eigenvalue weighted by Gasteiger charge is -2.32.